The summed E-state index contributed by atoms with van der Waals surface area (Å²) in [6.07, 6.45) is 1.82. The van der Waals surface area contributed by atoms with Crippen LogP contribution >= 0.6 is 35.1 Å². The Morgan fingerprint density at radius 3 is 2.44 bits per heavy atom. The van der Waals surface area contributed by atoms with Gasteiger partial charge >= 0.3 is 0 Å². The lowest BCUT2D eigenvalue weighted by Crippen LogP contribution is -2.30. The monoisotopic (exact) mass is 517 g/mol. The zero-order valence-corrected chi connectivity index (χ0v) is 21.6. The number of hydrogen-bond donors (Lipinski definition) is 2. The second-order valence-corrected chi connectivity index (χ2v) is 9.21. The standard InChI is InChI=1S/C24H23Cl2N3O2S.C2H6/c25-19-14-20(26)24(31)23(15-19)32-27-21-13-18(17-5-2-1-3-6-17)7-8-22(21)29-10-4-9-28(16-30)11-12-29;1-2/h1-3,5-8,13-16,27,31H,4,9-12H2;1-2H3. The van der Waals surface area contributed by atoms with E-state index in [0.717, 1.165) is 55.0 Å². The highest BCUT2D eigenvalue weighted by Gasteiger charge is 2.18. The van der Waals surface area contributed by atoms with Crippen LogP contribution in [-0.4, -0.2) is 42.6 Å². The molecule has 0 atom stereocenters. The van der Waals surface area contributed by atoms with Gasteiger partial charge in [-0.2, -0.15) is 0 Å². The van der Waals surface area contributed by atoms with Gasteiger partial charge in [-0.1, -0.05) is 73.4 Å². The summed E-state index contributed by atoms with van der Waals surface area (Å²) >= 11 is 13.5. The third kappa shape index (κ3) is 6.53. The van der Waals surface area contributed by atoms with Gasteiger partial charge in [0.25, 0.3) is 0 Å². The van der Waals surface area contributed by atoms with Crippen molar-refractivity contribution in [3.05, 3.63) is 70.7 Å². The minimum Gasteiger partial charge on any atom is -0.505 e. The van der Waals surface area contributed by atoms with Crippen LogP contribution in [0.4, 0.5) is 11.4 Å². The Bertz CT molecular complexity index is 1100. The van der Waals surface area contributed by atoms with Crippen LogP contribution in [-0.2, 0) is 4.79 Å². The fraction of sp³-hybridized carbons (Fsp3) is 0.269. The fourth-order valence-electron chi connectivity index (χ4n) is 3.72. The lowest BCUT2D eigenvalue weighted by molar-refractivity contribution is -0.117. The topological polar surface area (TPSA) is 55.8 Å². The number of halogens is 2. The summed E-state index contributed by atoms with van der Waals surface area (Å²) < 4.78 is 3.39. The number of phenols is 1. The Balaban J connectivity index is 0.00000158. The molecular formula is C26H29Cl2N3O2S. The van der Waals surface area contributed by atoms with Gasteiger partial charge in [0.15, 0.2) is 0 Å². The first-order valence-corrected chi connectivity index (χ1v) is 12.9. The van der Waals surface area contributed by atoms with Gasteiger partial charge in [0.05, 0.1) is 21.3 Å². The number of aromatic hydroxyl groups is 1. The van der Waals surface area contributed by atoms with Crippen molar-refractivity contribution in [2.75, 3.05) is 35.8 Å². The minimum absolute atomic E-state index is 0.00859. The van der Waals surface area contributed by atoms with Crippen LogP contribution in [0, 0.1) is 0 Å². The summed E-state index contributed by atoms with van der Waals surface area (Å²) in [7, 11) is 0. The smallest absolute Gasteiger partial charge is 0.209 e. The van der Waals surface area contributed by atoms with E-state index in [2.05, 4.69) is 40.0 Å². The van der Waals surface area contributed by atoms with Gasteiger partial charge in [-0.25, -0.2) is 0 Å². The first-order chi connectivity index (χ1) is 16.5. The number of carbonyl (C=O) groups excluding carboxylic acids is 1. The molecule has 0 saturated carbocycles. The molecule has 4 rings (SSSR count). The van der Waals surface area contributed by atoms with E-state index in [1.54, 1.807) is 6.07 Å². The maximum atomic E-state index is 11.2. The first kappa shape index (κ1) is 26.1. The maximum absolute atomic E-state index is 11.2. The second kappa shape index (κ2) is 12.8. The number of benzene rings is 3. The zero-order chi connectivity index (χ0) is 24.5. The Labute approximate surface area is 215 Å². The van der Waals surface area contributed by atoms with Crippen LogP contribution in [0.3, 0.4) is 0 Å². The van der Waals surface area contributed by atoms with E-state index >= 15 is 0 Å². The quantitative estimate of drug-likeness (QED) is 0.267. The maximum Gasteiger partial charge on any atom is 0.209 e. The van der Waals surface area contributed by atoms with Crippen molar-refractivity contribution in [3.63, 3.8) is 0 Å². The molecule has 1 fully saturated rings. The van der Waals surface area contributed by atoms with Gasteiger partial charge in [-0.05, 0) is 53.8 Å². The average molecular weight is 519 g/mol. The van der Waals surface area contributed by atoms with Crippen LogP contribution in [0.15, 0.2) is 65.6 Å². The van der Waals surface area contributed by atoms with Crippen molar-refractivity contribution in [1.82, 2.24) is 4.90 Å². The molecule has 1 amide bonds. The van der Waals surface area contributed by atoms with Gasteiger partial charge in [0, 0.05) is 31.2 Å². The number of carbonyl (C=O) groups is 1. The number of nitrogens with zero attached hydrogens (tertiary/aromatic N) is 2. The van der Waals surface area contributed by atoms with Gasteiger partial charge in [0.1, 0.15) is 5.75 Å². The number of nitrogens with one attached hydrogen (secondary N) is 1. The largest absolute Gasteiger partial charge is 0.505 e. The van der Waals surface area contributed by atoms with Crippen LogP contribution in [0.25, 0.3) is 11.1 Å². The summed E-state index contributed by atoms with van der Waals surface area (Å²) in [5, 5.41) is 11.0. The molecule has 0 aromatic heterocycles. The molecule has 2 N–H and O–H groups in total. The summed E-state index contributed by atoms with van der Waals surface area (Å²) in [5.41, 5.74) is 4.14. The number of amides is 1. The summed E-state index contributed by atoms with van der Waals surface area (Å²) in [4.78, 5) is 15.9. The van der Waals surface area contributed by atoms with Crippen molar-refractivity contribution in [3.8, 4) is 16.9 Å². The fourth-order valence-corrected chi connectivity index (χ4v) is 5.11. The number of rotatable bonds is 6. The Hall–Kier alpha value is -2.54. The number of hydrogen-bond acceptors (Lipinski definition) is 5. The van der Waals surface area contributed by atoms with Gasteiger partial charge in [0.2, 0.25) is 6.41 Å². The van der Waals surface area contributed by atoms with Gasteiger partial charge < -0.3 is 19.6 Å². The Kier molecular flexibility index (Phi) is 9.81. The molecule has 1 aliphatic rings. The summed E-state index contributed by atoms with van der Waals surface area (Å²) in [6.45, 7) is 7.04. The predicted molar refractivity (Wildman–Crippen MR) is 145 cm³/mol. The van der Waals surface area contributed by atoms with Crippen LogP contribution in [0.5, 0.6) is 5.75 Å². The molecule has 0 spiro atoms. The Morgan fingerprint density at radius 2 is 1.71 bits per heavy atom. The molecule has 34 heavy (non-hydrogen) atoms. The molecular weight excluding hydrogens is 489 g/mol. The SMILES string of the molecule is CC.O=CN1CCCN(c2ccc(-c3ccccc3)cc2NSc2cc(Cl)cc(Cl)c2O)CC1. The van der Waals surface area contributed by atoms with Crippen molar-refractivity contribution in [2.24, 2.45) is 0 Å². The molecule has 8 heteroatoms. The average Bonchev–Trinajstić information content (AvgIpc) is 3.12. The highest BCUT2D eigenvalue weighted by atomic mass is 35.5. The van der Waals surface area contributed by atoms with Gasteiger partial charge in [-0.15, -0.1) is 0 Å². The third-order valence-corrected chi connectivity index (χ3v) is 6.75. The van der Waals surface area contributed by atoms with Gasteiger partial charge in [-0.3, -0.25) is 4.79 Å². The molecule has 0 unspecified atom stereocenters. The van der Waals surface area contributed by atoms with E-state index in [1.807, 2.05) is 36.9 Å². The zero-order valence-electron chi connectivity index (χ0n) is 19.3. The molecule has 1 aliphatic heterocycles. The van der Waals surface area contributed by atoms with E-state index in [-0.39, 0.29) is 10.8 Å². The van der Waals surface area contributed by atoms with Crippen molar-refractivity contribution in [1.29, 1.82) is 0 Å². The summed E-state index contributed by atoms with van der Waals surface area (Å²) in [6, 6.07) is 19.7. The number of phenolic OH excluding ortho intramolecular Hbond substituents is 1. The number of anilines is 2. The first-order valence-electron chi connectivity index (χ1n) is 11.3. The van der Waals surface area contributed by atoms with E-state index in [1.165, 1.54) is 18.0 Å². The highest BCUT2D eigenvalue weighted by Crippen LogP contribution is 2.40. The van der Waals surface area contributed by atoms with Crippen molar-refractivity contribution in [2.45, 2.75) is 25.2 Å². The molecule has 1 heterocycles. The normalized spacial score (nSPS) is 13.5. The molecule has 180 valence electrons. The molecule has 1 saturated heterocycles. The predicted octanol–water partition coefficient (Wildman–Crippen LogP) is 7.18. The van der Waals surface area contributed by atoms with E-state index in [9.17, 15) is 9.90 Å². The van der Waals surface area contributed by atoms with E-state index in [0.29, 0.717) is 16.5 Å². The summed E-state index contributed by atoms with van der Waals surface area (Å²) in [5.74, 6) is -0.00859. The Morgan fingerprint density at radius 1 is 0.941 bits per heavy atom. The van der Waals surface area contributed by atoms with Crippen LogP contribution in [0.1, 0.15) is 20.3 Å². The third-order valence-electron chi connectivity index (χ3n) is 5.39. The van der Waals surface area contributed by atoms with Crippen molar-refractivity contribution >= 4 is 52.9 Å². The van der Waals surface area contributed by atoms with Crippen LogP contribution in [0.2, 0.25) is 10.0 Å². The van der Waals surface area contributed by atoms with Crippen LogP contribution < -0.4 is 9.62 Å². The van der Waals surface area contributed by atoms with E-state index < -0.39 is 0 Å². The highest BCUT2D eigenvalue weighted by molar-refractivity contribution is 8.00. The molecule has 0 bridgehead atoms. The molecule has 5 nitrogen and oxygen atoms in total. The molecule has 3 aromatic rings. The lowest BCUT2D eigenvalue weighted by Gasteiger charge is -2.26. The molecule has 3 aromatic carbocycles. The second-order valence-electron chi connectivity index (χ2n) is 7.52. The van der Waals surface area contributed by atoms with E-state index in [4.69, 9.17) is 23.2 Å². The lowest BCUT2D eigenvalue weighted by atomic mass is 10.0. The minimum atomic E-state index is -0.00859. The van der Waals surface area contributed by atoms with Crippen molar-refractivity contribution < 1.29 is 9.90 Å². The molecule has 0 radical (unpaired) electrons. The molecule has 0 aliphatic carbocycles.